The third-order valence-corrected chi connectivity index (χ3v) is 3.67. The number of fused-ring (bicyclic) bond motifs is 1. The molecule has 18 heavy (non-hydrogen) atoms. The first-order valence-electron chi connectivity index (χ1n) is 4.98. The molecule has 7 heteroatoms. The van der Waals surface area contributed by atoms with E-state index in [1.807, 2.05) is 0 Å². The predicted molar refractivity (Wildman–Crippen MR) is 66.6 cm³/mol. The summed E-state index contributed by atoms with van der Waals surface area (Å²) in [6, 6.07) is 3.68. The smallest absolute Gasteiger partial charge is 0.313 e. The van der Waals surface area contributed by atoms with Crippen molar-refractivity contribution in [3.8, 4) is 0 Å². The second-order valence-electron chi connectivity index (χ2n) is 3.86. The number of hydrogen-bond donors (Lipinski definition) is 0. The number of benzene rings is 1. The summed E-state index contributed by atoms with van der Waals surface area (Å²) in [4.78, 5) is 21.9. The molecule has 3 nitrogen and oxygen atoms in total. The van der Waals surface area contributed by atoms with E-state index >= 15 is 0 Å². The molecule has 1 aliphatic heterocycles. The Kier molecular flexibility index (Phi) is 3.35. The quantitative estimate of drug-likeness (QED) is 0.348. The summed E-state index contributed by atoms with van der Waals surface area (Å²) in [5, 5.41) is 0. The van der Waals surface area contributed by atoms with Gasteiger partial charge in [0.15, 0.2) is 6.29 Å². The minimum Gasteiger partial charge on any atom is -0.313 e. The maximum atomic E-state index is 12.8. The van der Waals surface area contributed by atoms with Crippen molar-refractivity contribution in [2.24, 2.45) is 0 Å². The molecule has 1 atom stereocenters. The lowest BCUT2D eigenvalue weighted by atomic mass is 9.95. The molecule has 0 saturated carbocycles. The Hall–Kier alpha value is -1.12. The fourth-order valence-electron chi connectivity index (χ4n) is 2.02. The van der Waals surface area contributed by atoms with E-state index in [1.54, 1.807) is 22.9 Å². The van der Waals surface area contributed by atoms with Gasteiger partial charge in [-0.05, 0) is 11.6 Å². The molecule has 2 rings (SSSR count). The van der Waals surface area contributed by atoms with Crippen LogP contribution in [0.25, 0.3) is 0 Å². The normalized spacial score (nSPS) is 18.7. The lowest BCUT2D eigenvalue weighted by molar-refractivity contribution is -0.137. The average molecular weight is 369 g/mol. The van der Waals surface area contributed by atoms with E-state index in [1.165, 1.54) is 15.2 Å². The number of nitrogens with zero attached hydrogens (tertiary/aromatic N) is 1. The first-order chi connectivity index (χ1) is 8.36. The molecule has 0 amide bonds. The zero-order valence-electron chi connectivity index (χ0n) is 8.87. The van der Waals surface area contributed by atoms with E-state index in [4.69, 9.17) is 0 Å². The third kappa shape index (κ3) is 2.11. The van der Waals surface area contributed by atoms with Crippen LogP contribution in [0.2, 0.25) is 0 Å². The van der Waals surface area contributed by atoms with Gasteiger partial charge in [0.1, 0.15) is 0 Å². The molecule has 0 fully saturated rings. The summed E-state index contributed by atoms with van der Waals surface area (Å²) in [7, 11) is 0. The molecule has 0 N–H and O–H groups in total. The molecule has 0 saturated heterocycles. The number of para-hydroxylation sites is 1. The van der Waals surface area contributed by atoms with Crippen molar-refractivity contribution in [2.75, 3.05) is 9.66 Å². The molecule has 0 radical (unpaired) electrons. The Balaban J connectivity index is 2.58. The predicted octanol–water partition coefficient (Wildman–Crippen LogP) is 2.73. The third-order valence-electron chi connectivity index (χ3n) is 2.79. The Morgan fingerprint density at radius 1 is 1.44 bits per heavy atom. The van der Waals surface area contributed by atoms with Crippen LogP contribution in [0.1, 0.15) is 17.0 Å². The van der Waals surface area contributed by atoms with Gasteiger partial charge in [-0.15, -0.1) is 0 Å². The van der Waals surface area contributed by atoms with Crippen molar-refractivity contribution in [3.63, 3.8) is 0 Å². The van der Waals surface area contributed by atoms with Crippen LogP contribution in [0.15, 0.2) is 18.2 Å². The van der Waals surface area contributed by atoms with E-state index in [9.17, 15) is 22.8 Å². The van der Waals surface area contributed by atoms with Crippen LogP contribution >= 0.6 is 22.9 Å². The van der Waals surface area contributed by atoms with Gasteiger partial charge < -0.3 is 3.11 Å². The molecule has 0 bridgehead atoms. The van der Waals surface area contributed by atoms with E-state index in [0.29, 0.717) is 0 Å². The van der Waals surface area contributed by atoms with Gasteiger partial charge >= 0.3 is 6.18 Å². The molecule has 0 spiro atoms. The van der Waals surface area contributed by atoms with Crippen LogP contribution in [0.4, 0.5) is 18.9 Å². The van der Waals surface area contributed by atoms with Crippen molar-refractivity contribution in [1.82, 2.24) is 0 Å². The summed E-state index contributed by atoms with van der Waals surface area (Å²) >= 11 is 1.72. The van der Waals surface area contributed by atoms with Gasteiger partial charge in [0.2, 0.25) is 5.78 Å². The van der Waals surface area contributed by atoms with E-state index in [2.05, 4.69) is 0 Å². The second-order valence-corrected chi connectivity index (χ2v) is 5.02. The van der Waals surface area contributed by atoms with Gasteiger partial charge in [0.25, 0.3) is 0 Å². The van der Waals surface area contributed by atoms with Crippen LogP contribution in [0, 0.1) is 0 Å². The number of carbonyl (C=O) groups is 2. The van der Waals surface area contributed by atoms with Gasteiger partial charge in [-0.25, -0.2) is 0 Å². The highest BCUT2D eigenvalue weighted by atomic mass is 127. The van der Waals surface area contributed by atoms with E-state index in [0.717, 1.165) is 6.07 Å². The number of hydrogen-bond acceptors (Lipinski definition) is 3. The Morgan fingerprint density at radius 2 is 2.11 bits per heavy atom. The summed E-state index contributed by atoms with van der Waals surface area (Å²) in [5.74, 6) is -1.51. The molecule has 1 unspecified atom stereocenters. The molecular weight excluding hydrogens is 362 g/mol. The van der Waals surface area contributed by atoms with Gasteiger partial charge in [-0.1, -0.05) is 12.1 Å². The van der Waals surface area contributed by atoms with Gasteiger partial charge in [0, 0.05) is 6.54 Å². The fraction of sp³-hybridized carbons (Fsp3) is 0.273. The van der Waals surface area contributed by atoms with Crippen LogP contribution in [0.5, 0.6) is 0 Å². The number of ketones is 1. The first kappa shape index (κ1) is 13.3. The van der Waals surface area contributed by atoms with Gasteiger partial charge in [0.05, 0.1) is 40.0 Å². The number of anilines is 1. The molecule has 1 heterocycles. The standard InChI is InChI=1S/C11H7F3INO2/c12-11(13,14)8-3-1-2-6-7(9(18)5-17)4-16(15)10(6)8/h1-3,5,7H,4H2. The average Bonchev–Trinajstić information content (AvgIpc) is 2.65. The number of halogens is 4. The monoisotopic (exact) mass is 369 g/mol. The van der Waals surface area contributed by atoms with E-state index in [-0.39, 0.29) is 24.1 Å². The topological polar surface area (TPSA) is 37.4 Å². The van der Waals surface area contributed by atoms with E-state index < -0.39 is 23.4 Å². The number of carbonyl (C=O) groups excluding carboxylic acids is 2. The highest BCUT2D eigenvalue weighted by Crippen LogP contribution is 2.46. The van der Waals surface area contributed by atoms with Crippen molar-refractivity contribution >= 4 is 40.6 Å². The Labute approximate surface area is 114 Å². The summed E-state index contributed by atoms with van der Waals surface area (Å²) in [6.45, 7) is 0.0839. The molecular formula is C11H7F3INO2. The molecule has 96 valence electrons. The molecule has 1 aromatic carbocycles. The zero-order chi connectivity index (χ0) is 13.5. The number of aldehydes is 1. The molecule has 1 aromatic rings. The van der Waals surface area contributed by atoms with Crippen LogP contribution < -0.4 is 3.11 Å². The lowest BCUT2D eigenvalue weighted by Gasteiger charge is -2.16. The number of Topliss-reactive ketones (excluding diaryl/α,β-unsaturated/α-hetero) is 1. The number of alkyl halides is 3. The molecule has 0 aromatic heterocycles. The van der Waals surface area contributed by atoms with Crippen molar-refractivity contribution < 1.29 is 22.8 Å². The largest absolute Gasteiger partial charge is 0.418 e. The van der Waals surface area contributed by atoms with Crippen molar-refractivity contribution in [2.45, 2.75) is 12.1 Å². The highest BCUT2D eigenvalue weighted by Gasteiger charge is 2.41. The van der Waals surface area contributed by atoms with Crippen LogP contribution in [-0.4, -0.2) is 18.6 Å². The number of rotatable bonds is 2. The van der Waals surface area contributed by atoms with Crippen LogP contribution in [-0.2, 0) is 15.8 Å². The van der Waals surface area contributed by atoms with Gasteiger partial charge in [-0.3, -0.25) is 9.59 Å². The maximum Gasteiger partial charge on any atom is 0.418 e. The highest BCUT2D eigenvalue weighted by molar-refractivity contribution is 14.1. The van der Waals surface area contributed by atoms with Crippen LogP contribution in [0.3, 0.4) is 0 Å². The Morgan fingerprint density at radius 3 is 2.67 bits per heavy atom. The fourth-order valence-corrected chi connectivity index (χ4v) is 2.95. The van der Waals surface area contributed by atoms with Crippen molar-refractivity contribution in [3.05, 3.63) is 29.3 Å². The Bertz CT molecular complexity index is 516. The second kappa shape index (κ2) is 4.52. The first-order valence-corrected chi connectivity index (χ1v) is 5.95. The van der Waals surface area contributed by atoms with Gasteiger partial charge in [-0.2, -0.15) is 13.2 Å². The summed E-state index contributed by atoms with van der Waals surface area (Å²) in [5.41, 5.74) is -0.544. The lowest BCUT2D eigenvalue weighted by Crippen LogP contribution is -2.18. The summed E-state index contributed by atoms with van der Waals surface area (Å²) < 4.78 is 39.9. The SMILES string of the molecule is O=CC(=O)C1CN(I)c2c1cccc2C(F)(F)F. The minimum atomic E-state index is -4.48. The molecule has 0 aliphatic carbocycles. The maximum absolute atomic E-state index is 12.8. The zero-order valence-corrected chi connectivity index (χ0v) is 11.0. The minimum absolute atomic E-state index is 0.0224. The van der Waals surface area contributed by atoms with Crippen molar-refractivity contribution in [1.29, 1.82) is 0 Å². The molecule has 1 aliphatic rings. The summed E-state index contributed by atoms with van der Waals surface area (Å²) in [6.07, 6.45) is -4.32.